The second kappa shape index (κ2) is 8.87. The summed E-state index contributed by atoms with van der Waals surface area (Å²) in [5.41, 5.74) is 9.22. The molecule has 0 spiro atoms. The monoisotopic (exact) mass is 404 g/mol. The Balaban J connectivity index is 1.64. The fraction of sp³-hybridized carbons (Fsp3) is 0.273. The largest absolute Gasteiger partial charge is 0.384 e. The summed E-state index contributed by atoms with van der Waals surface area (Å²) in [6, 6.07) is 13.3. The van der Waals surface area contributed by atoms with Crippen molar-refractivity contribution >= 4 is 29.1 Å². The molecule has 3 heterocycles. The molecule has 154 valence electrons. The Hall–Kier alpha value is -3.52. The van der Waals surface area contributed by atoms with Crippen LogP contribution in [0.4, 0.5) is 23.3 Å². The molecule has 8 heteroatoms. The van der Waals surface area contributed by atoms with Crippen molar-refractivity contribution in [3.8, 4) is 11.3 Å². The Labute approximate surface area is 175 Å². The minimum absolute atomic E-state index is 0.142. The van der Waals surface area contributed by atoms with E-state index in [0.717, 1.165) is 35.6 Å². The molecule has 4 rings (SSSR count). The van der Waals surface area contributed by atoms with E-state index in [9.17, 15) is 4.79 Å². The van der Waals surface area contributed by atoms with Gasteiger partial charge in [0.25, 0.3) is 0 Å². The van der Waals surface area contributed by atoms with Crippen molar-refractivity contribution < 1.29 is 9.53 Å². The lowest BCUT2D eigenvalue weighted by Gasteiger charge is -2.27. The van der Waals surface area contributed by atoms with E-state index < -0.39 is 0 Å². The predicted octanol–water partition coefficient (Wildman–Crippen LogP) is 2.83. The van der Waals surface area contributed by atoms with Crippen molar-refractivity contribution in [2.45, 2.75) is 13.3 Å². The molecule has 1 aromatic carbocycles. The van der Waals surface area contributed by atoms with Gasteiger partial charge in [-0.2, -0.15) is 4.98 Å². The van der Waals surface area contributed by atoms with E-state index in [-0.39, 0.29) is 5.78 Å². The van der Waals surface area contributed by atoms with E-state index in [4.69, 9.17) is 20.4 Å². The number of ketones is 1. The number of nitrogens with one attached hydrogen (secondary N) is 1. The van der Waals surface area contributed by atoms with Gasteiger partial charge in [-0.05, 0) is 36.8 Å². The number of aromatic nitrogens is 3. The van der Waals surface area contributed by atoms with Gasteiger partial charge in [0.2, 0.25) is 5.95 Å². The van der Waals surface area contributed by atoms with Crippen LogP contribution < -0.4 is 16.0 Å². The molecule has 3 aromatic rings. The summed E-state index contributed by atoms with van der Waals surface area (Å²) in [7, 11) is 0. The Morgan fingerprint density at radius 2 is 1.90 bits per heavy atom. The van der Waals surface area contributed by atoms with Crippen LogP contribution in [0.5, 0.6) is 0 Å². The minimum atomic E-state index is 0.142. The smallest absolute Gasteiger partial charge is 0.228 e. The van der Waals surface area contributed by atoms with Crippen molar-refractivity contribution in [2.24, 2.45) is 0 Å². The molecule has 0 amide bonds. The average Bonchev–Trinajstić information content (AvgIpc) is 2.76. The third-order valence-electron chi connectivity index (χ3n) is 4.77. The number of hydrogen-bond donors (Lipinski definition) is 2. The van der Waals surface area contributed by atoms with Gasteiger partial charge >= 0.3 is 0 Å². The van der Waals surface area contributed by atoms with E-state index in [2.05, 4.69) is 15.2 Å². The second-order valence-electron chi connectivity index (χ2n) is 7.21. The van der Waals surface area contributed by atoms with Crippen molar-refractivity contribution in [3.63, 3.8) is 0 Å². The zero-order chi connectivity index (χ0) is 20.9. The average molecular weight is 404 g/mol. The van der Waals surface area contributed by atoms with Gasteiger partial charge in [0.1, 0.15) is 17.4 Å². The van der Waals surface area contributed by atoms with Crippen LogP contribution in [0, 0.1) is 0 Å². The molecule has 0 unspecified atom stereocenters. The SMILES string of the molecule is CC(=O)Cc1ccc(Nc2cc(-c3ccc(N)nc3)nc(N3CCOCC3)n2)cc1. The molecule has 1 fully saturated rings. The van der Waals surface area contributed by atoms with Crippen LogP contribution in [0.25, 0.3) is 11.3 Å². The summed E-state index contributed by atoms with van der Waals surface area (Å²) < 4.78 is 5.45. The lowest BCUT2D eigenvalue weighted by Crippen LogP contribution is -2.37. The third-order valence-corrected chi connectivity index (χ3v) is 4.77. The van der Waals surface area contributed by atoms with E-state index in [0.29, 0.717) is 37.2 Å². The molecular formula is C22H24N6O2. The molecule has 0 saturated carbocycles. The molecule has 1 aliphatic rings. The van der Waals surface area contributed by atoms with Crippen LogP contribution in [0.3, 0.4) is 0 Å². The quantitative estimate of drug-likeness (QED) is 0.646. The first-order valence-electron chi connectivity index (χ1n) is 9.86. The summed E-state index contributed by atoms with van der Waals surface area (Å²) in [5, 5.41) is 3.35. The zero-order valence-electron chi connectivity index (χ0n) is 16.8. The number of Topliss-reactive ketones (excluding diaryl/α,β-unsaturated/α-hetero) is 1. The Kier molecular flexibility index (Phi) is 5.85. The number of nitrogen functional groups attached to an aromatic ring is 1. The van der Waals surface area contributed by atoms with E-state index >= 15 is 0 Å². The molecule has 30 heavy (non-hydrogen) atoms. The van der Waals surface area contributed by atoms with Gasteiger partial charge in [-0.25, -0.2) is 9.97 Å². The third kappa shape index (κ3) is 4.90. The molecule has 1 saturated heterocycles. The van der Waals surface area contributed by atoms with E-state index in [1.165, 1.54) is 0 Å². The normalized spacial score (nSPS) is 13.8. The van der Waals surface area contributed by atoms with Crippen molar-refractivity contribution in [2.75, 3.05) is 42.3 Å². The first-order chi connectivity index (χ1) is 14.6. The lowest BCUT2D eigenvalue weighted by atomic mass is 10.1. The van der Waals surface area contributed by atoms with Crippen LogP contribution in [0.15, 0.2) is 48.7 Å². The molecular weight excluding hydrogens is 380 g/mol. The van der Waals surface area contributed by atoms with Crippen LogP contribution in [-0.2, 0) is 16.0 Å². The number of ether oxygens (including phenoxy) is 1. The molecule has 2 aromatic heterocycles. The summed E-state index contributed by atoms with van der Waals surface area (Å²) in [6.45, 7) is 4.37. The van der Waals surface area contributed by atoms with Crippen LogP contribution in [0.1, 0.15) is 12.5 Å². The fourth-order valence-electron chi connectivity index (χ4n) is 3.25. The van der Waals surface area contributed by atoms with Crippen molar-refractivity contribution in [1.82, 2.24) is 15.0 Å². The number of anilines is 4. The van der Waals surface area contributed by atoms with Gasteiger partial charge in [-0.15, -0.1) is 0 Å². The first-order valence-corrected chi connectivity index (χ1v) is 9.86. The highest BCUT2D eigenvalue weighted by Gasteiger charge is 2.16. The molecule has 0 aliphatic carbocycles. The van der Waals surface area contributed by atoms with Crippen LogP contribution in [0.2, 0.25) is 0 Å². The highest BCUT2D eigenvalue weighted by atomic mass is 16.5. The molecule has 0 radical (unpaired) electrons. The van der Waals surface area contributed by atoms with Gasteiger partial charge in [0, 0.05) is 43.0 Å². The number of morpholine rings is 1. The summed E-state index contributed by atoms with van der Waals surface area (Å²) in [5.74, 6) is 1.93. The topological polar surface area (TPSA) is 106 Å². The molecule has 0 bridgehead atoms. The maximum Gasteiger partial charge on any atom is 0.228 e. The summed E-state index contributed by atoms with van der Waals surface area (Å²) >= 11 is 0. The first kappa shape index (κ1) is 19.8. The number of carbonyl (C=O) groups excluding carboxylic acids is 1. The minimum Gasteiger partial charge on any atom is -0.384 e. The van der Waals surface area contributed by atoms with Gasteiger partial charge in [0.15, 0.2) is 0 Å². The Morgan fingerprint density at radius 3 is 2.57 bits per heavy atom. The number of pyridine rings is 1. The standard InChI is InChI=1S/C22H24N6O2/c1-15(29)12-16-2-5-18(6-3-16)25-21-13-19(17-4-7-20(23)24-14-17)26-22(27-21)28-8-10-30-11-9-28/h2-7,13-14H,8-12H2,1H3,(H2,23,24)(H,25,26,27). The number of benzene rings is 1. The molecule has 0 atom stereocenters. The van der Waals surface area contributed by atoms with Crippen LogP contribution in [-0.4, -0.2) is 47.0 Å². The van der Waals surface area contributed by atoms with Crippen molar-refractivity contribution in [1.29, 1.82) is 0 Å². The Bertz CT molecular complexity index is 1010. The highest BCUT2D eigenvalue weighted by molar-refractivity contribution is 5.78. The molecule has 1 aliphatic heterocycles. The van der Waals surface area contributed by atoms with E-state index in [1.54, 1.807) is 19.2 Å². The maximum atomic E-state index is 11.3. The van der Waals surface area contributed by atoms with Crippen LogP contribution >= 0.6 is 0 Å². The lowest BCUT2D eigenvalue weighted by molar-refractivity contribution is -0.116. The summed E-state index contributed by atoms with van der Waals surface area (Å²) in [6.07, 6.45) is 2.14. The second-order valence-corrected chi connectivity index (χ2v) is 7.21. The molecule has 3 N–H and O–H groups in total. The van der Waals surface area contributed by atoms with Crippen molar-refractivity contribution in [3.05, 3.63) is 54.2 Å². The molecule has 8 nitrogen and oxygen atoms in total. The van der Waals surface area contributed by atoms with E-state index in [1.807, 2.05) is 36.4 Å². The highest BCUT2D eigenvalue weighted by Crippen LogP contribution is 2.25. The van der Waals surface area contributed by atoms with Gasteiger partial charge in [-0.3, -0.25) is 4.79 Å². The van der Waals surface area contributed by atoms with Gasteiger partial charge in [-0.1, -0.05) is 12.1 Å². The predicted molar refractivity (Wildman–Crippen MR) is 117 cm³/mol. The maximum absolute atomic E-state index is 11.3. The number of nitrogens with two attached hydrogens (primary N) is 1. The van der Waals surface area contributed by atoms with Gasteiger partial charge < -0.3 is 20.7 Å². The Morgan fingerprint density at radius 1 is 1.13 bits per heavy atom. The summed E-state index contributed by atoms with van der Waals surface area (Å²) in [4.78, 5) is 27.1. The fourth-order valence-corrected chi connectivity index (χ4v) is 3.25. The van der Waals surface area contributed by atoms with Gasteiger partial charge in [0.05, 0.1) is 18.9 Å². The number of carbonyl (C=O) groups is 1. The number of nitrogens with zero attached hydrogens (tertiary/aromatic N) is 4. The number of hydrogen-bond acceptors (Lipinski definition) is 8. The number of rotatable bonds is 6. The zero-order valence-corrected chi connectivity index (χ0v) is 16.8.